The zero-order valence-corrected chi connectivity index (χ0v) is 35.1. The quantitative estimate of drug-likeness (QED) is 0.0539. The summed E-state index contributed by atoms with van der Waals surface area (Å²) in [7, 11) is 1.65. The molecule has 330 valence electrons. The van der Waals surface area contributed by atoms with Crippen molar-refractivity contribution in [3.63, 3.8) is 0 Å². The monoisotopic (exact) mass is 799 g/mol. The molecule has 0 rings (SSSR count). The maximum Gasteiger partial charge on any atom is 0.305 e. The van der Waals surface area contributed by atoms with Gasteiger partial charge in [0, 0.05) is 13.5 Å². The van der Waals surface area contributed by atoms with Gasteiger partial charge >= 0.3 is 5.97 Å². The van der Waals surface area contributed by atoms with Crippen molar-refractivity contribution in [3.05, 3.63) is 0 Å². The molecule has 0 spiro atoms. The lowest BCUT2D eigenvalue weighted by atomic mass is 10.0. The zero-order chi connectivity index (χ0) is 39.6. The summed E-state index contributed by atoms with van der Waals surface area (Å²) in [5, 5.41) is 0. The van der Waals surface area contributed by atoms with Crippen molar-refractivity contribution in [2.45, 2.75) is 96.8 Å². The SMILES string of the molecule is CCCCCCCCCCCCCCCC(=O)OCCOCCOCCOCCOCCOCCOCCOCCOCCOCCOCCOCCOC. The van der Waals surface area contributed by atoms with Crippen LogP contribution in [0.2, 0.25) is 0 Å². The molecule has 0 bridgehead atoms. The Kier molecular flexibility index (Phi) is 50.1. The van der Waals surface area contributed by atoms with Crippen LogP contribution in [-0.4, -0.2) is 172 Å². The third kappa shape index (κ3) is 51.0. The first-order valence-electron chi connectivity index (χ1n) is 21.3. The molecule has 0 radical (unpaired) electrons. The predicted molar refractivity (Wildman–Crippen MR) is 212 cm³/mol. The minimum atomic E-state index is -0.132. The van der Waals surface area contributed by atoms with Crippen molar-refractivity contribution in [2.24, 2.45) is 0 Å². The molecule has 0 N–H and O–H groups in total. The summed E-state index contributed by atoms with van der Waals surface area (Å²) in [4.78, 5) is 11.9. The maximum absolute atomic E-state index is 11.9. The summed E-state index contributed by atoms with van der Waals surface area (Å²) in [6, 6.07) is 0. The molecule has 0 atom stereocenters. The Hall–Kier alpha value is -1.01. The summed E-state index contributed by atoms with van der Waals surface area (Å²) in [5.74, 6) is -0.132. The second kappa shape index (κ2) is 51.0. The maximum atomic E-state index is 11.9. The molecule has 14 heteroatoms. The number of ether oxygens (including phenoxy) is 13. The van der Waals surface area contributed by atoms with Gasteiger partial charge in [-0.2, -0.15) is 0 Å². The first-order chi connectivity index (χ1) is 27.3. The Morgan fingerprint density at radius 2 is 0.509 bits per heavy atom. The minimum absolute atomic E-state index is 0.132. The topological polar surface area (TPSA) is 137 Å². The minimum Gasteiger partial charge on any atom is -0.463 e. The van der Waals surface area contributed by atoms with Gasteiger partial charge in [0.1, 0.15) is 6.61 Å². The van der Waals surface area contributed by atoms with Crippen molar-refractivity contribution in [3.8, 4) is 0 Å². The molecule has 14 nitrogen and oxygen atoms in total. The van der Waals surface area contributed by atoms with Crippen LogP contribution >= 0.6 is 0 Å². The van der Waals surface area contributed by atoms with Crippen LogP contribution in [0.5, 0.6) is 0 Å². The number of unbranched alkanes of at least 4 members (excludes halogenated alkanes) is 12. The van der Waals surface area contributed by atoms with Crippen LogP contribution in [0.3, 0.4) is 0 Å². The Morgan fingerprint density at radius 1 is 0.291 bits per heavy atom. The summed E-state index contributed by atoms with van der Waals surface area (Å²) < 4.78 is 70.2. The smallest absolute Gasteiger partial charge is 0.305 e. The molecular formula is C41H82O14. The van der Waals surface area contributed by atoms with Gasteiger partial charge in [-0.15, -0.1) is 0 Å². The lowest BCUT2D eigenvalue weighted by Gasteiger charge is -2.09. The predicted octanol–water partition coefficient (Wildman–Crippen LogP) is 5.84. The van der Waals surface area contributed by atoms with Gasteiger partial charge in [-0.3, -0.25) is 4.79 Å². The van der Waals surface area contributed by atoms with E-state index in [-0.39, 0.29) is 12.6 Å². The molecule has 0 aromatic carbocycles. The fourth-order valence-electron chi connectivity index (χ4n) is 5.02. The molecular weight excluding hydrogens is 716 g/mol. The number of hydrogen-bond acceptors (Lipinski definition) is 14. The van der Waals surface area contributed by atoms with E-state index in [0.717, 1.165) is 12.8 Å². The van der Waals surface area contributed by atoms with Gasteiger partial charge in [0.25, 0.3) is 0 Å². The van der Waals surface area contributed by atoms with Gasteiger partial charge in [0.2, 0.25) is 0 Å². The van der Waals surface area contributed by atoms with E-state index in [0.29, 0.717) is 158 Å². The Bertz CT molecular complexity index is 706. The number of carbonyl (C=O) groups is 1. The largest absolute Gasteiger partial charge is 0.463 e. The van der Waals surface area contributed by atoms with Gasteiger partial charge < -0.3 is 61.6 Å². The third-order valence-electron chi connectivity index (χ3n) is 8.13. The number of methoxy groups -OCH3 is 1. The molecule has 0 saturated heterocycles. The number of rotatable bonds is 50. The normalized spacial score (nSPS) is 11.5. The molecule has 55 heavy (non-hydrogen) atoms. The first kappa shape index (κ1) is 54.0. The molecule has 0 fully saturated rings. The van der Waals surface area contributed by atoms with Crippen LogP contribution in [0.1, 0.15) is 96.8 Å². The molecule has 0 saturated carbocycles. The van der Waals surface area contributed by atoms with Crippen LogP contribution in [0, 0.1) is 0 Å². The molecule has 0 heterocycles. The van der Waals surface area contributed by atoms with E-state index in [2.05, 4.69) is 6.92 Å². The number of carbonyl (C=O) groups excluding carboxylic acids is 1. The van der Waals surface area contributed by atoms with E-state index in [1.807, 2.05) is 0 Å². The summed E-state index contributed by atoms with van der Waals surface area (Å²) >= 11 is 0. The first-order valence-corrected chi connectivity index (χ1v) is 21.3. The molecule has 0 aromatic rings. The molecule has 0 unspecified atom stereocenters. The summed E-state index contributed by atoms with van der Waals surface area (Å²) in [5.41, 5.74) is 0. The van der Waals surface area contributed by atoms with Gasteiger partial charge in [0.15, 0.2) is 0 Å². The lowest BCUT2D eigenvalue weighted by molar-refractivity contribution is -0.145. The van der Waals surface area contributed by atoms with Crippen molar-refractivity contribution in [1.82, 2.24) is 0 Å². The molecule has 0 aromatic heterocycles. The average molecular weight is 799 g/mol. The standard InChI is InChI=1S/C41H82O14/c1-3-4-5-6-7-8-9-10-11-12-13-14-15-16-41(42)55-40-39-54-38-37-53-36-35-52-34-33-51-32-31-50-30-29-49-28-27-48-26-25-47-24-23-46-22-21-45-20-19-44-18-17-43-2/h3-40H2,1-2H3. The molecule has 0 aliphatic heterocycles. The van der Waals surface area contributed by atoms with Crippen molar-refractivity contribution < 1.29 is 66.4 Å². The van der Waals surface area contributed by atoms with Gasteiger partial charge in [0.05, 0.1) is 152 Å². The van der Waals surface area contributed by atoms with Gasteiger partial charge in [-0.05, 0) is 6.42 Å². The van der Waals surface area contributed by atoms with Crippen LogP contribution in [-0.2, 0) is 66.4 Å². The van der Waals surface area contributed by atoms with Crippen LogP contribution in [0.4, 0.5) is 0 Å². The highest BCUT2D eigenvalue weighted by Crippen LogP contribution is 2.13. The summed E-state index contributed by atoms with van der Waals surface area (Å²) in [6.45, 7) is 14.2. The van der Waals surface area contributed by atoms with Crippen LogP contribution in [0.25, 0.3) is 0 Å². The fraction of sp³-hybridized carbons (Fsp3) is 0.976. The molecule has 0 aliphatic rings. The van der Waals surface area contributed by atoms with Crippen molar-refractivity contribution in [2.75, 3.05) is 166 Å². The highest BCUT2D eigenvalue weighted by Gasteiger charge is 2.03. The Labute approximate surface area is 334 Å². The second-order valence-electron chi connectivity index (χ2n) is 12.9. The summed E-state index contributed by atoms with van der Waals surface area (Å²) in [6.07, 6.45) is 17.3. The zero-order valence-electron chi connectivity index (χ0n) is 35.1. The van der Waals surface area contributed by atoms with E-state index >= 15 is 0 Å². The van der Waals surface area contributed by atoms with E-state index in [1.165, 1.54) is 70.6 Å². The van der Waals surface area contributed by atoms with Crippen LogP contribution in [0.15, 0.2) is 0 Å². The van der Waals surface area contributed by atoms with E-state index in [4.69, 9.17) is 61.6 Å². The molecule has 0 aliphatic carbocycles. The second-order valence-corrected chi connectivity index (χ2v) is 12.9. The molecule has 0 amide bonds. The van der Waals surface area contributed by atoms with Gasteiger partial charge in [-0.1, -0.05) is 84.0 Å². The van der Waals surface area contributed by atoms with Crippen molar-refractivity contribution >= 4 is 5.97 Å². The van der Waals surface area contributed by atoms with E-state index in [9.17, 15) is 4.79 Å². The van der Waals surface area contributed by atoms with Crippen LogP contribution < -0.4 is 0 Å². The third-order valence-corrected chi connectivity index (χ3v) is 8.13. The lowest BCUT2D eigenvalue weighted by Crippen LogP contribution is -2.15. The number of hydrogen-bond donors (Lipinski definition) is 0. The Balaban J connectivity index is 3.12. The van der Waals surface area contributed by atoms with Gasteiger partial charge in [-0.25, -0.2) is 0 Å². The highest BCUT2D eigenvalue weighted by molar-refractivity contribution is 5.69. The Morgan fingerprint density at radius 3 is 0.764 bits per heavy atom. The number of esters is 1. The average Bonchev–Trinajstić information content (AvgIpc) is 3.19. The highest BCUT2D eigenvalue weighted by atomic mass is 16.6. The van der Waals surface area contributed by atoms with Crippen molar-refractivity contribution in [1.29, 1.82) is 0 Å². The fourth-order valence-corrected chi connectivity index (χ4v) is 5.02. The van der Waals surface area contributed by atoms with E-state index < -0.39 is 0 Å². The van der Waals surface area contributed by atoms with E-state index in [1.54, 1.807) is 7.11 Å².